The van der Waals surface area contributed by atoms with E-state index in [1.165, 1.54) is 23.3 Å². The molecule has 1 saturated carbocycles. The van der Waals surface area contributed by atoms with Crippen LogP contribution in [0, 0.1) is 0 Å². The van der Waals surface area contributed by atoms with Gasteiger partial charge in [0.15, 0.2) is 0 Å². The number of benzene rings is 2. The lowest BCUT2D eigenvalue weighted by atomic mass is 9.79. The molecule has 32 heavy (non-hydrogen) atoms. The van der Waals surface area contributed by atoms with E-state index in [9.17, 15) is 8.42 Å². The predicted octanol–water partition coefficient (Wildman–Crippen LogP) is 4.33. The van der Waals surface area contributed by atoms with Crippen molar-refractivity contribution in [1.82, 2.24) is 9.62 Å². The summed E-state index contributed by atoms with van der Waals surface area (Å²) in [4.78, 5) is 3.41. The second kappa shape index (κ2) is 10.2. The van der Waals surface area contributed by atoms with Gasteiger partial charge >= 0.3 is 0 Å². The van der Waals surface area contributed by atoms with Gasteiger partial charge in [-0.3, -0.25) is 0 Å². The number of hydrogen-bond acceptors (Lipinski definition) is 4. The third-order valence-electron chi connectivity index (χ3n) is 6.57. The lowest BCUT2D eigenvalue weighted by Crippen LogP contribution is -2.40. The van der Waals surface area contributed by atoms with E-state index >= 15 is 0 Å². The second-order valence-electron chi connectivity index (χ2n) is 8.63. The average molecular weight is 493 g/mol. The number of hydrogen-bond donors (Lipinski definition) is 1. The summed E-state index contributed by atoms with van der Waals surface area (Å²) >= 11 is 11.5. The van der Waals surface area contributed by atoms with Crippen LogP contribution in [-0.2, 0) is 26.6 Å². The van der Waals surface area contributed by atoms with Gasteiger partial charge in [0.1, 0.15) is 0 Å². The summed E-state index contributed by atoms with van der Waals surface area (Å²) in [6.45, 7) is 3.56. The van der Waals surface area contributed by atoms with Crippen LogP contribution in [0.3, 0.4) is 0 Å². The van der Waals surface area contributed by atoms with Crippen molar-refractivity contribution in [2.45, 2.75) is 42.4 Å². The first-order chi connectivity index (χ1) is 15.4. The Labute approximate surface area is 201 Å². The van der Waals surface area contributed by atoms with Crippen LogP contribution in [0.4, 0.5) is 0 Å². The molecule has 0 aromatic heterocycles. The Morgan fingerprint density at radius 1 is 1.03 bits per heavy atom. The van der Waals surface area contributed by atoms with E-state index in [2.05, 4.69) is 33.9 Å². The third-order valence-corrected chi connectivity index (χ3v) is 8.64. The summed E-state index contributed by atoms with van der Waals surface area (Å²) in [6, 6.07) is 14.9. The van der Waals surface area contributed by atoms with Crippen molar-refractivity contribution in [1.29, 1.82) is 0 Å². The highest BCUT2D eigenvalue weighted by Crippen LogP contribution is 2.41. The minimum atomic E-state index is -3.59. The second-order valence-corrected chi connectivity index (χ2v) is 11.3. The number of halogens is 1. The van der Waals surface area contributed by atoms with Gasteiger partial charge in [-0.1, -0.05) is 60.9 Å². The first kappa shape index (κ1) is 23.6. The molecule has 172 valence electrons. The zero-order valence-corrected chi connectivity index (χ0v) is 20.4. The van der Waals surface area contributed by atoms with E-state index in [0.29, 0.717) is 11.6 Å². The number of morpholine rings is 1. The molecule has 1 saturated heterocycles. The highest BCUT2D eigenvalue weighted by molar-refractivity contribution is 7.89. The van der Waals surface area contributed by atoms with Gasteiger partial charge in [-0.05, 0) is 48.2 Å². The summed E-state index contributed by atoms with van der Waals surface area (Å²) in [7, 11) is -3.59. The first-order valence-corrected chi connectivity index (χ1v) is 13.4. The molecule has 2 aromatic rings. The topological polar surface area (TPSA) is 58.6 Å². The highest BCUT2D eigenvalue weighted by Gasteiger charge is 2.36. The van der Waals surface area contributed by atoms with Crippen LogP contribution in [-0.4, -0.2) is 51.2 Å². The van der Waals surface area contributed by atoms with E-state index in [1.807, 2.05) is 0 Å². The van der Waals surface area contributed by atoms with Gasteiger partial charge < -0.3 is 9.64 Å². The van der Waals surface area contributed by atoms with E-state index in [-0.39, 0.29) is 10.3 Å². The van der Waals surface area contributed by atoms with Crippen molar-refractivity contribution in [3.63, 3.8) is 0 Å². The number of rotatable bonds is 7. The zero-order chi connectivity index (χ0) is 22.6. The van der Waals surface area contributed by atoms with Gasteiger partial charge in [-0.15, -0.1) is 0 Å². The Balaban J connectivity index is 1.44. The van der Waals surface area contributed by atoms with Crippen molar-refractivity contribution >= 4 is 38.8 Å². The lowest BCUT2D eigenvalue weighted by molar-refractivity contribution is 0.0684. The summed E-state index contributed by atoms with van der Waals surface area (Å²) in [5.74, 6) is 0. The number of thiocarbonyl (C=S) groups is 1. The summed E-state index contributed by atoms with van der Waals surface area (Å²) in [5, 5.41) is 0.518. The van der Waals surface area contributed by atoms with Crippen LogP contribution >= 0.6 is 23.8 Å². The van der Waals surface area contributed by atoms with Crippen molar-refractivity contribution < 1.29 is 13.2 Å². The summed E-state index contributed by atoms with van der Waals surface area (Å²) < 4.78 is 33.9. The molecule has 8 heteroatoms. The molecule has 0 bridgehead atoms. The number of nitrogens with zero attached hydrogens (tertiary/aromatic N) is 1. The fraction of sp³-hybridized carbons (Fsp3) is 0.458. The number of ether oxygens (including phenoxy) is 1. The van der Waals surface area contributed by atoms with Gasteiger partial charge in [0.25, 0.3) is 0 Å². The van der Waals surface area contributed by atoms with E-state index in [4.69, 9.17) is 28.6 Å². The van der Waals surface area contributed by atoms with Crippen molar-refractivity contribution in [3.8, 4) is 0 Å². The van der Waals surface area contributed by atoms with Crippen LogP contribution in [0.2, 0.25) is 5.02 Å². The first-order valence-electron chi connectivity index (χ1n) is 11.1. The molecule has 0 atom stereocenters. The molecule has 5 nitrogen and oxygen atoms in total. The zero-order valence-electron chi connectivity index (χ0n) is 18.1. The average Bonchev–Trinajstić information content (AvgIpc) is 3.29. The third kappa shape index (κ3) is 5.51. The molecule has 2 fully saturated rings. The molecule has 0 radical (unpaired) electrons. The molecular weight excluding hydrogens is 464 g/mol. The normalized spacial score (nSPS) is 18.6. The molecular formula is C24H29ClN2O3S2. The molecule has 1 aliphatic heterocycles. The summed E-state index contributed by atoms with van der Waals surface area (Å²) in [5.41, 5.74) is 2.19. The Morgan fingerprint density at radius 3 is 2.28 bits per heavy atom. The summed E-state index contributed by atoms with van der Waals surface area (Å²) in [6.07, 6.45) is 4.90. The molecule has 2 aliphatic rings. The van der Waals surface area contributed by atoms with Gasteiger partial charge in [0, 0.05) is 36.5 Å². The smallest absolute Gasteiger partial charge is 0.240 e. The van der Waals surface area contributed by atoms with Crippen LogP contribution in [0.25, 0.3) is 0 Å². The van der Waals surface area contributed by atoms with Crippen molar-refractivity contribution in [2.75, 3.05) is 32.8 Å². The van der Waals surface area contributed by atoms with E-state index in [1.54, 1.807) is 12.1 Å². The van der Waals surface area contributed by atoms with Crippen LogP contribution in [0.15, 0.2) is 53.4 Å². The van der Waals surface area contributed by atoms with Gasteiger partial charge in [0.2, 0.25) is 10.0 Å². The van der Waals surface area contributed by atoms with Crippen LogP contribution in [0.1, 0.15) is 36.8 Å². The quantitative estimate of drug-likeness (QED) is 0.583. The molecule has 0 unspecified atom stereocenters. The minimum absolute atomic E-state index is 0.178. The number of sulfonamides is 1. The minimum Gasteiger partial charge on any atom is -0.378 e. The monoisotopic (exact) mass is 492 g/mol. The Hall–Kier alpha value is -1.51. The SMILES string of the molecule is O=S(=O)(NCC1(c2ccc(CC(=S)N3CCOCC3)cc2)CCCC1)c1ccc(Cl)cc1. The molecule has 0 amide bonds. The van der Waals surface area contributed by atoms with Gasteiger partial charge in [-0.2, -0.15) is 0 Å². The van der Waals surface area contributed by atoms with E-state index in [0.717, 1.165) is 63.4 Å². The van der Waals surface area contributed by atoms with Crippen LogP contribution < -0.4 is 4.72 Å². The lowest BCUT2D eigenvalue weighted by Gasteiger charge is -2.31. The maximum Gasteiger partial charge on any atom is 0.240 e. The predicted molar refractivity (Wildman–Crippen MR) is 132 cm³/mol. The number of nitrogens with one attached hydrogen (secondary N) is 1. The molecule has 1 N–H and O–H groups in total. The van der Waals surface area contributed by atoms with Crippen molar-refractivity contribution in [2.24, 2.45) is 0 Å². The highest BCUT2D eigenvalue weighted by atomic mass is 35.5. The fourth-order valence-corrected chi connectivity index (χ4v) is 6.23. The maximum atomic E-state index is 12.8. The molecule has 0 spiro atoms. The molecule has 4 rings (SSSR count). The molecule has 1 heterocycles. The Kier molecular flexibility index (Phi) is 7.52. The largest absolute Gasteiger partial charge is 0.378 e. The van der Waals surface area contributed by atoms with Crippen molar-refractivity contribution in [3.05, 3.63) is 64.7 Å². The van der Waals surface area contributed by atoms with E-state index < -0.39 is 10.0 Å². The maximum absolute atomic E-state index is 12.8. The fourth-order valence-electron chi connectivity index (χ4n) is 4.62. The van der Waals surface area contributed by atoms with Crippen LogP contribution in [0.5, 0.6) is 0 Å². The Morgan fingerprint density at radius 2 is 1.66 bits per heavy atom. The standard InChI is InChI=1S/C24H29ClN2O3S2/c25-21-7-9-22(10-8-21)32(28,29)26-18-24(11-1-2-12-24)20-5-3-19(4-6-20)17-23(31)27-13-15-30-16-14-27/h3-10,26H,1-2,11-18H2. The Bertz CT molecular complexity index is 1030. The molecule has 2 aromatic carbocycles. The molecule has 1 aliphatic carbocycles. The van der Waals surface area contributed by atoms with Gasteiger partial charge in [0.05, 0.1) is 23.1 Å². The van der Waals surface area contributed by atoms with Gasteiger partial charge in [-0.25, -0.2) is 13.1 Å².